The first kappa shape index (κ1) is 16.4. The molecule has 3 rings (SSSR count). The molecule has 0 saturated heterocycles. The summed E-state index contributed by atoms with van der Waals surface area (Å²) in [6, 6.07) is 14.0. The fraction of sp³-hybridized carbons (Fsp3) is 0.235. The molecule has 23 heavy (non-hydrogen) atoms. The van der Waals surface area contributed by atoms with Gasteiger partial charge in [-0.25, -0.2) is 8.42 Å². The van der Waals surface area contributed by atoms with Crippen molar-refractivity contribution in [2.75, 3.05) is 0 Å². The van der Waals surface area contributed by atoms with Crippen molar-refractivity contribution in [1.82, 2.24) is 0 Å². The lowest BCUT2D eigenvalue weighted by Crippen LogP contribution is -2.17. The Balaban J connectivity index is 1.98. The molecular weight excluding hydrogens is 350 g/mol. The molecule has 2 aromatic carbocycles. The van der Waals surface area contributed by atoms with Crippen LogP contribution in [-0.2, 0) is 9.84 Å². The van der Waals surface area contributed by atoms with Gasteiger partial charge in [0.2, 0.25) is 0 Å². The Morgan fingerprint density at radius 3 is 2.17 bits per heavy atom. The molecule has 1 aliphatic rings. The minimum atomic E-state index is -3.51. The monoisotopic (exact) mass is 365 g/mol. The molecule has 0 aliphatic heterocycles. The van der Waals surface area contributed by atoms with Crippen molar-refractivity contribution in [1.29, 1.82) is 0 Å². The first-order valence-electron chi connectivity index (χ1n) is 7.18. The summed E-state index contributed by atoms with van der Waals surface area (Å²) in [6.45, 7) is 1.99. The maximum atomic E-state index is 12.9. The molecule has 120 valence electrons. The van der Waals surface area contributed by atoms with Crippen LogP contribution in [0, 0.1) is 12.8 Å². The van der Waals surface area contributed by atoms with E-state index in [-0.39, 0.29) is 21.7 Å². The zero-order valence-electron chi connectivity index (χ0n) is 12.4. The number of rotatable bonds is 4. The predicted octanol–water partition coefficient (Wildman–Crippen LogP) is 3.49. The molecule has 0 radical (unpaired) electrons. The molecule has 3 atom stereocenters. The molecule has 0 unspecified atom stereocenters. The Kier molecular flexibility index (Phi) is 4.21. The smallest absolute Gasteiger partial charge is 0.182 e. The summed E-state index contributed by atoms with van der Waals surface area (Å²) in [7, 11) is -3.51. The maximum absolute atomic E-state index is 12.9. The van der Waals surface area contributed by atoms with E-state index < -0.39 is 15.1 Å². The van der Waals surface area contributed by atoms with Gasteiger partial charge in [-0.15, -0.1) is 0 Å². The van der Waals surface area contributed by atoms with Crippen molar-refractivity contribution in [3.8, 4) is 0 Å². The van der Waals surface area contributed by atoms with Crippen LogP contribution in [-0.4, -0.2) is 18.7 Å². The zero-order chi connectivity index (χ0) is 16.8. The minimum Gasteiger partial charge on any atom is -0.393 e. The summed E-state index contributed by atoms with van der Waals surface area (Å²) >= 11 is 10.9. The first-order chi connectivity index (χ1) is 10.8. The third-order valence-corrected chi connectivity index (χ3v) is 7.00. The molecule has 0 bridgehead atoms. The van der Waals surface area contributed by atoms with Gasteiger partial charge in [-0.1, -0.05) is 53.6 Å². The van der Waals surface area contributed by atoms with Crippen LogP contribution in [0.1, 0.15) is 17.0 Å². The summed E-state index contributed by atoms with van der Waals surface area (Å²) in [5.41, 5.74) is 7.87. The van der Waals surface area contributed by atoms with Crippen LogP contribution in [0.25, 0.3) is 0 Å². The van der Waals surface area contributed by atoms with Gasteiger partial charge in [-0.2, -0.15) is 0 Å². The number of nitrogens with two attached hydrogens (primary N) is 1. The maximum Gasteiger partial charge on any atom is 0.182 e. The second kappa shape index (κ2) is 5.89. The Labute approximate surface area is 146 Å². The normalized spacial score (nSPS) is 23.5. The van der Waals surface area contributed by atoms with E-state index in [1.54, 1.807) is 12.1 Å². The van der Waals surface area contributed by atoms with E-state index in [0.29, 0.717) is 5.02 Å². The standard InChI is InChI=1S/C17H16ClNO2S2/c1-10-2-4-11(5-3-10)14-15(17(19)22)16(14)23(20,21)13-8-6-12(18)7-9-13/h2-9,14-16H,1H3,(H2,19,22)/t14-,15+,16+/m1/s1. The lowest BCUT2D eigenvalue weighted by Gasteiger charge is -2.05. The molecule has 0 spiro atoms. The molecule has 1 fully saturated rings. The summed E-state index contributed by atoms with van der Waals surface area (Å²) in [5, 5.41) is -0.107. The van der Waals surface area contributed by atoms with Crippen LogP contribution in [0.3, 0.4) is 0 Å². The molecule has 0 amide bonds. The molecule has 1 saturated carbocycles. The van der Waals surface area contributed by atoms with E-state index in [1.165, 1.54) is 12.1 Å². The van der Waals surface area contributed by atoms with Crippen molar-refractivity contribution < 1.29 is 8.42 Å². The Morgan fingerprint density at radius 1 is 1.09 bits per heavy atom. The van der Waals surface area contributed by atoms with Gasteiger partial charge < -0.3 is 5.73 Å². The van der Waals surface area contributed by atoms with Crippen molar-refractivity contribution in [2.24, 2.45) is 11.7 Å². The number of thiocarbonyl (C=S) groups is 1. The molecule has 2 aromatic rings. The van der Waals surface area contributed by atoms with Gasteiger partial charge >= 0.3 is 0 Å². The fourth-order valence-electron chi connectivity index (χ4n) is 2.98. The van der Waals surface area contributed by atoms with Crippen molar-refractivity contribution in [3.05, 3.63) is 64.7 Å². The van der Waals surface area contributed by atoms with Gasteiger partial charge in [-0.05, 0) is 36.8 Å². The van der Waals surface area contributed by atoms with Crippen molar-refractivity contribution in [3.63, 3.8) is 0 Å². The number of hydrogen-bond donors (Lipinski definition) is 1. The summed E-state index contributed by atoms with van der Waals surface area (Å²) in [6.07, 6.45) is 0. The minimum absolute atomic E-state index is 0.186. The van der Waals surface area contributed by atoms with E-state index in [4.69, 9.17) is 29.6 Å². The van der Waals surface area contributed by atoms with E-state index in [0.717, 1.165) is 11.1 Å². The van der Waals surface area contributed by atoms with Crippen molar-refractivity contribution in [2.45, 2.75) is 23.0 Å². The van der Waals surface area contributed by atoms with Crippen LogP contribution >= 0.6 is 23.8 Å². The number of halogens is 1. The summed E-state index contributed by atoms with van der Waals surface area (Å²) < 4.78 is 25.8. The van der Waals surface area contributed by atoms with E-state index in [9.17, 15) is 8.42 Å². The number of aryl methyl sites for hydroxylation is 1. The van der Waals surface area contributed by atoms with Crippen LogP contribution in [0.4, 0.5) is 0 Å². The van der Waals surface area contributed by atoms with Gasteiger partial charge in [-0.3, -0.25) is 0 Å². The quantitative estimate of drug-likeness (QED) is 0.842. The van der Waals surface area contributed by atoms with Crippen LogP contribution < -0.4 is 5.73 Å². The highest BCUT2D eigenvalue weighted by Gasteiger charge is 2.60. The molecule has 1 aliphatic carbocycles. The highest BCUT2D eigenvalue weighted by molar-refractivity contribution is 7.92. The second-order valence-corrected chi connectivity index (χ2v) is 8.84. The number of sulfone groups is 1. The number of hydrogen-bond acceptors (Lipinski definition) is 3. The highest BCUT2D eigenvalue weighted by atomic mass is 35.5. The first-order valence-corrected chi connectivity index (χ1v) is 9.51. The predicted molar refractivity (Wildman–Crippen MR) is 96.6 cm³/mol. The molecular formula is C17H16ClNO2S2. The molecule has 6 heteroatoms. The summed E-state index contributed by atoms with van der Waals surface area (Å²) in [5.74, 6) is -0.512. The van der Waals surface area contributed by atoms with Crippen LogP contribution in [0.15, 0.2) is 53.4 Å². The van der Waals surface area contributed by atoms with E-state index in [2.05, 4.69) is 0 Å². The SMILES string of the molecule is Cc1ccc([C@@H]2[C@H](C(N)=S)[C@H]2S(=O)(=O)c2ccc(Cl)cc2)cc1. The van der Waals surface area contributed by atoms with E-state index >= 15 is 0 Å². The molecule has 0 aromatic heterocycles. The summed E-state index contributed by atoms with van der Waals surface area (Å²) in [4.78, 5) is 0.501. The topological polar surface area (TPSA) is 60.2 Å². The average Bonchev–Trinajstić information content (AvgIpc) is 3.25. The van der Waals surface area contributed by atoms with Gasteiger partial charge in [0.1, 0.15) is 0 Å². The molecule has 3 nitrogen and oxygen atoms in total. The zero-order valence-corrected chi connectivity index (χ0v) is 14.8. The fourth-order valence-corrected chi connectivity index (χ4v) is 5.63. The van der Waals surface area contributed by atoms with Gasteiger partial charge in [0, 0.05) is 16.9 Å². The van der Waals surface area contributed by atoms with Crippen LogP contribution in [0.2, 0.25) is 5.02 Å². The third-order valence-electron chi connectivity index (χ3n) is 4.25. The lowest BCUT2D eigenvalue weighted by atomic mass is 10.1. The van der Waals surface area contributed by atoms with E-state index in [1.807, 2.05) is 31.2 Å². The largest absolute Gasteiger partial charge is 0.393 e. The van der Waals surface area contributed by atoms with Crippen LogP contribution in [0.5, 0.6) is 0 Å². The third kappa shape index (κ3) is 3.01. The lowest BCUT2D eigenvalue weighted by molar-refractivity contribution is 0.593. The Morgan fingerprint density at radius 2 is 1.65 bits per heavy atom. The molecule has 0 heterocycles. The number of benzene rings is 2. The van der Waals surface area contributed by atoms with Gasteiger partial charge in [0.25, 0.3) is 0 Å². The van der Waals surface area contributed by atoms with Crippen molar-refractivity contribution >= 4 is 38.6 Å². The average molecular weight is 366 g/mol. The van der Waals surface area contributed by atoms with Gasteiger partial charge in [0.05, 0.1) is 15.1 Å². The second-order valence-electron chi connectivity index (χ2n) is 5.83. The Bertz CT molecular complexity index is 845. The Hall–Kier alpha value is -1.43. The highest BCUT2D eigenvalue weighted by Crippen LogP contribution is 2.54. The van der Waals surface area contributed by atoms with Gasteiger partial charge in [0.15, 0.2) is 9.84 Å². The molecule has 2 N–H and O–H groups in total.